The Hall–Kier alpha value is -3.78. The minimum absolute atomic E-state index is 0.0208. The number of aryl methyl sites for hydroxylation is 2. The molecule has 2 aliphatic heterocycles. The highest BCUT2D eigenvalue weighted by atomic mass is 19.1. The summed E-state index contributed by atoms with van der Waals surface area (Å²) >= 11 is 0. The van der Waals surface area contributed by atoms with Crippen molar-refractivity contribution in [2.75, 3.05) is 26.2 Å². The summed E-state index contributed by atoms with van der Waals surface area (Å²) in [7, 11) is 0. The van der Waals surface area contributed by atoms with Crippen molar-refractivity contribution in [3.63, 3.8) is 0 Å². The highest BCUT2D eigenvalue weighted by Crippen LogP contribution is 2.33. The van der Waals surface area contributed by atoms with E-state index in [1.54, 1.807) is 12.1 Å². The van der Waals surface area contributed by atoms with Crippen LogP contribution in [0.3, 0.4) is 0 Å². The summed E-state index contributed by atoms with van der Waals surface area (Å²) in [5.74, 6) is 0.301. The number of aromatic amines is 1. The fourth-order valence-corrected chi connectivity index (χ4v) is 6.31. The molecule has 1 aliphatic carbocycles. The number of amides is 1. The highest BCUT2D eigenvalue weighted by Gasteiger charge is 2.32. The SMILES string of the molecule is Cc1ccc(F)cc1C[C@H](C)NC1=C(c2nc3c(C)c4c(cc3[nH]2)CN(CCN2CCCC2)C4=O)C(=O)CC=C1. The normalized spacial score (nSPS) is 18.4. The van der Waals surface area contributed by atoms with E-state index in [-0.39, 0.29) is 23.5 Å². The Bertz CT molecular complexity index is 1560. The molecule has 1 amide bonds. The first-order valence-electron chi connectivity index (χ1n) is 14.3. The van der Waals surface area contributed by atoms with Gasteiger partial charge in [-0.2, -0.15) is 0 Å². The molecule has 8 heteroatoms. The monoisotopic (exact) mass is 541 g/mol. The maximum Gasteiger partial charge on any atom is 0.254 e. The van der Waals surface area contributed by atoms with Crippen molar-refractivity contribution < 1.29 is 14.0 Å². The Morgan fingerprint density at radius 2 is 1.93 bits per heavy atom. The molecule has 1 aromatic heterocycles. The van der Waals surface area contributed by atoms with Crippen LogP contribution in [0.25, 0.3) is 16.6 Å². The number of fused-ring (bicyclic) bond motifs is 2. The lowest BCUT2D eigenvalue weighted by atomic mass is 9.97. The van der Waals surface area contributed by atoms with Crippen LogP contribution in [0.4, 0.5) is 4.39 Å². The summed E-state index contributed by atoms with van der Waals surface area (Å²) in [6, 6.07) is 6.81. The summed E-state index contributed by atoms with van der Waals surface area (Å²) in [6.07, 6.45) is 7.17. The summed E-state index contributed by atoms with van der Waals surface area (Å²) in [5.41, 5.74) is 7.34. The van der Waals surface area contributed by atoms with Gasteiger partial charge in [-0.05, 0) is 99.7 Å². The van der Waals surface area contributed by atoms with Crippen molar-refractivity contribution in [2.24, 2.45) is 0 Å². The van der Waals surface area contributed by atoms with Gasteiger partial charge in [-0.3, -0.25) is 9.59 Å². The van der Waals surface area contributed by atoms with Gasteiger partial charge in [0.1, 0.15) is 11.6 Å². The largest absolute Gasteiger partial charge is 0.382 e. The van der Waals surface area contributed by atoms with Gasteiger partial charge < -0.3 is 20.1 Å². The predicted octanol–water partition coefficient (Wildman–Crippen LogP) is 4.83. The zero-order valence-electron chi connectivity index (χ0n) is 23.4. The van der Waals surface area contributed by atoms with Crippen LogP contribution in [0.5, 0.6) is 0 Å². The molecule has 3 heterocycles. The molecule has 3 aliphatic rings. The Morgan fingerprint density at radius 1 is 1.12 bits per heavy atom. The van der Waals surface area contributed by atoms with Gasteiger partial charge in [0.25, 0.3) is 5.91 Å². The Balaban J connectivity index is 1.27. The predicted molar refractivity (Wildman–Crippen MR) is 154 cm³/mol. The molecule has 3 aromatic rings. The standard InChI is InChI=1S/C32H36FN5O2/c1-19-9-10-24(33)16-22(19)15-20(2)34-25-7-6-8-27(39)29(25)31-35-26-17-23-18-38(14-13-37-11-4-5-12-37)32(40)28(23)21(3)30(26)36-31/h6-7,9-10,16-17,20,34H,4-5,8,11-15,18H2,1-3H3,(H,35,36)/t20-/m0/s1. The molecule has 6 rings (SSSR count). The van der Waals surface area contributed by atoms with Crippen molar-refractivity contribution in [2.45, 2.75) is 59.0 Å². The van der Waals surface area contributed by atoms with Gasteiger partial charge in [-0.15, -0.1) is 0 Å². The van der Waals surface area contributed by atoms with Gasteiger partial charge >= 0.3 is 0 Å². The number of aromatic nitrogens is 2. The molecule has 1 atom stereocenters. The number of rotatable bonds is 8. The minimum atomic E-state index is -0.252. The molecular formula is C32H36FN5O2. The first-order valence-corrected chi connectivity index (χ1v) is 14.3. The van der Waals surface area contributed by atoms with Crippen LogP contribution in [0.1, 0.15) is 64.6 Å². The third kappa shape index (κ3) is 4.96. The lowest BCUT2D eigenvalue weighted by molar-refractivity contribution is -0.113. The van der Waals surface area contributed by atoms with Gasteiger partial charge in [0, 0.05) is 43.4 Å². The van der Waals surface area contributed by atoms with E-state index in [2.05, 4.69) is 15.2 Å². The maximum atomic E-state index is 13.8. The number of carbonyl (C=O) groups excluding carboxylic acids is 2. The number of hydrogen-bond acceptors (Lipinski definition) is 5. The van der Waals surface area contributed by atoms with Crippen LogP contribution in [-0.2, 0) is 17.8 Å². The molecule has 0 unspecified atom stereocenters. The van der Waals surface area contributed by atoms with Crippen LogP contribution >= 0.6 is 0 Å². The Kier molecular flexibility index (Phi) is 7.04. The van der Waals surface area contributed by atoms with Crippen LogP contribution in [0.2, 0.25) is 0 Å². The van der Waals surface area contributed by atoms with Crippen molar-refractivity contribution in [1.29, 1.82) is 0 Å². The van der Waals surface area contributed by atoms with E-state index in [1.165, 1.54) is 18.9 Å². The van der Waals surface area contributed by atoms with Crippen LogP contribution in [0, 0.1) is 19.7 Å². The third-order valence-electron chi connectivity index (χ3n) is 8.46. The van der Waals surface area contributed by atoms with E-state index >= 15 is 0 Å². The average molecular weight is 542 g/mol. The molecule has 1 saturated heterocycles. The number of nitrogens with zero attached hydrogens (tertiary/aromatic N) is 3. The number of nitrogens with one attached hydrogen (secondary N) is 2. The summed E-state index contributed by atoms with van der Waals surface area (Å²) < 4.78 is 13.8. The Morgan fingerprint density at radius 3 is 2.73 bits per heavy atom. The number of benzene rings is 2. The number of H-pyrrole nitrogens is 1. The fraction of sp³-hybridized carbons (Fsp3) is 0.406. The summed E-state index contributed by atoms with van der Waals surface area (Å²) in [6.45, 7) is 10.4. The number of hydrogen-bond donors (Lipinski definition) is 2. The number of halogens is 1. The van der Waals surface area contributed by atoms with E-state index < -0.39 is 0 Å². The van der Waals surface area contributed by atoms with Crippen LogP contribution < -0.4 is 5.32 Å². The number of ketones is 1. The molecule has 1 fully saturated rings. The van der Waals surface area contributed by atoms with Gasteiger partial charge in [0.05, 0.1) is 16.6 Å². The number of allylic oxidation sites excluding steroid dienone is 3. The smallest absolute Gasteiger partial charge is 0.254 e. The topological polar surface area (TPSA) is 81.3 Å². The number of carbonyl (C=O) groups is 2. The summed E-state index contributed by atoms with van der Waals surface area (Å²) in [4.78, 5) is 39.1. The second-order valence-electron chi connectivity index (χ2n) is 11.4. The number of imidazole rings is 1. The van der Waals surface area contributed by atoms with Crippen molar-refractivity contribution >= 4 is 28.3 Å². The number of Topliss-reactive ketones (excluding diaryl/α,β-unsaturated/α-hetero) is 1. The molecule has 2 aromatic carbocycles. The van der Waals surface area contributed by atoms with Gasteiger partial charge in [-0.25, -0.2) is 9.37 Å². The lowest BCUT2D eigenvalue weighted by Crippen LogP contribution is -2.34. The van der Waals surface area contributed by atoms with E-state index in [0.29, 0.717) is 36.5 Å². The van der Waals surface area contributed by atoms with Crippen molar-refractivity contribution in [3.8, 4) is 0 Å². The summed E-state index contributed by atoms with van der Waals surface area (Å²) in [5, 5.41) is 3.47. The molecule has 208 valence electrons. The van der Waals surface area contributed by atoms with Gasteiger partial charge in [0.2, 0.25) is 0 Å². The van der Waals surface area contributed by atoms with Crippen LogP contribution in [-0.4, -0.2) is 63.7 Å². The second kappa shape index (κ2) is 10.7. The fourth-order valence-electron chi connectivity index (χ4n) is 6.31. The van der Waals surface area contributed by atoms with Crippen LogP contribution in [0.15, 0.2) is 42.1 Å². The Labute approximate surface area is 234 Å². The van der Waals surface area contributed by atoms with Gasteiger partial charge in [-0.1, -0.05) is 12.1 Å². The molecule has 0 bridgehead atoms. The van der Waals surface area contributed by atoms with Crippen molar-refractivity contribution in [3.05, 3.63) is 81.6 Å². The number of likely N-dealkylation sites (tertiary alicyclic amines) is 1. The molecule has 0 spiro atoms. The van der Waals surface area contributed by atoms with E-state index in [4.69, 9.17) is 4.98 Å². The van der Waals surface area contributed by atoms with E-state index in [0.717, 1.165) is 65.0 Å². The zero-order valence-corrected chi connectivity index (χ0v) is 23.4. The maximum absolute atomic E-state index is 13.8. The molecule has 0 saturated carbocycles. The molecule has 0 radical (unpaired) electrons. The first kappa shape index (κ1) is 26.4. The average Bonchev–Trinajstić information content (AvgIpc) is 3.65. The minimum Gasteiger partial charge on any atom is -0.382 e. The lowest BCUT2D eigenvalue weighted by Gasteiger charge is -2.21. The molecular weight excluding hydrogens is 505 g/mol. The second-order valence-corrected chi connectivity index (χ2v) is 11.4. The molecule has 2 N–H and O–H groups in total. The van der Waals surface area contributed by atoms with E-state index in [1.807, 2.05) is 43.9 Å². The highest BCUT2D eigenvalue weighted by molar-refractivity contribution is 6.22. The van der Waals surface area contributed by atoms with E-state index in [9.17, 15) is 14.0 Å². The van der Waals surface area contributed by atoms with Gasteiger partial charge in [0.15, 0.2) is 5.78 Å². The third-order valence-corrected chi connectivity index (χ3v) is 8.46. The first-order chi connectivity index (χ1) is 19.3. The van der Waals surface area contributed by atoms with Crippen molar-refractivity contribution in [1.82, 2.24) is 25.1 Å². The zero-order chi connectivity index (χ0) is 28.0. The molecule has 40 heavy (non-hydrogen) atoms. The molecule has 7 nitrogen and oxygen atoms in total. The quantitative estimate of drug-likeness (QED) is 0.427.